The van der Waals surface area contributed by atoms with Crippen molar-refractivity contribution in [3.63, 3.8) is 0 Å². The molecular formula is C20H17N7O5S2. The lowest BCUT2D eigenvalue weighted by Gasteiger charge is -2.54. The number of aliphatic hydroxyl groups excluding tert-OH is 1. The van der Waals surface area contributed by atoms with Crippen molar-refractivity contribution < 1.29 is 24.6 Å². The van der Waals surface area contributed by atoms with Crippen molar-refractivity contribution in [2.24, 2.45) is 0 Å². The highest BCUT2D eigenvalue weighted by Crippen LogP contribution is 2.48. The number of nitrogens with zero attached hydrogens (tertiary/aromatic N) is 6. The van der Waals surface area contributed by atoms with Crippen LogP contribution in [0.5, 0.6) is 0 Å². The van der Waals surface area contributed by atoms with Crippen molar-refractivity contribution in [1.29, 1.82) is 0 Å². The number of rotatable bonds is 7. The van der Waals surface area contributed by atoms with Crippen molar-refractivity contribution in [1.82, 2.24) is 35.5 Å². The number of benzene rings is 1. The van der Waals surface area contributed by atoms with E-state index in [1.165, 1.54) is 28.2 Å². The predicted molar refractivity (Wildman–Crippen MR) is 120 cm³/mol. The number of hydrogen-bond donors (Lipinski definition) is 3. The van der Waals surface area contributed by atoms with E-state index in [0.717, 1.165) is 4.90 Å². The molecule has 2 aromatic heterocycles. The molecule has 3 aromatic rings. The number of hydrogen-bond acceptors (Lipinski definition) is 10. The molecule has 1 saturated heterocycles. The number of fused-ring (bicyclic) bond motifs is 2. The van der Waals surface area contributed by atoms with Crippen LogP contribution in [0.2, 0.25) is 0 Å². The molecule has 2 unspecified atom stereocenters. The van der Waals surface area contributed by atoms with Crippen LogP contribution in [-0.4, -0.2) is 74.7 Å². The van der Waals surface area contributed by atoms with Crippen LogP contribution in [0.3, 0.4) is 0 Å². The number of thioether (sulfide) groups is 2. The second-order valence-electron chi connectivity index (χ2n) is 7.53. The topological polar surface area (TPSA) is 163 Å². The molecule has 0 aliphatic carbocycles. The van der Waals surface area contributed by atoms with Gasteiger partial charge in [0.05, 0.1) is 6.42 Å². The molecule has 0 radical (unpaired) electrons. The van der Waals surface area contributed by atoms with Crippen LogP contribution in [0.15, 0.2) is 58.8 Å². The summed E-state index contributed by atoms with van der Waals surface area (Å²) in [5, 5.41) is 38.9. The van der Waals surface area contributed by atoms with E-state index in [9.17, 15) is 24.6 Å². The summed E-state index contributed by atoms with van der Waals surface area (Å²) in [6.07, 6.45) is -1.52. The number of β-lactam (4-membered cyclic amide) rings is 1. The largest absolute Gasteiger partial charge is 0.477 e. The maximum atomic E-state index is 12.7. The molecule has 2 atom stereocenters. The number of nitrogens with one attached hydrogen (secondary N) is 1. The lowest BCUT2D eigenvalue weighted by Crippen LogP contribution is -2.71. The van der Waals surface area contributed by atoms with Crippen LogP contribution >= 0.6 is 23.5 Å². The Bertz CT molecular complexity index is 1330. The lowest BCUT2D eigenvalue weighted by atomic mass is 10.0. The Hall–Kier alpha value is -3.49. The first kappa shape index (κ1) is 22.3. The smallest absolute Gasteiger partial charge is 0.352 e. The van der Waals surface area contributed by atoms with Crippen LogP contribution in [-0.2, 0) is 14.4 Å². The number of carboxylic acid groups (broad SMARTS) is 1. The molecular weight excluding hydrogens is 482 g/mol. The van der Waals surface area contributed by atoms with E-state index in [0.29, 0.717) is 21.8 Å². The number of aromatic nitrogens is 5. The molecule has 34 heavy (non-hydrogen) atoms. The molecule has 2 aliphatic heterocycles. The second-order valence-corrected chi connectivity index (χ2v) is 9.77. The summed E-state index contributed by atoms with van der Waals surface area (Å²) in [7, 11) is 0. The maximum absolute atomic E-state index is 12.7. The van der Waals surface area contributed by atoms with Crippen LogP contribution in [0.25, 0.3) is 5.65 Å². The first-order chi connectivity index (χ1) is 16.4. The zero-order valence-corrected chi connectivity index (χ0v) is 19.0. The molecule has 1 aromatic carbocycles. The van der Waals surface area contributed by atoms with Crippen LogP contribution < -0.4 is 5.32 Å². The Morgan fingerprint density at radius 2 is 2.03 bits per heavy atom. The molecule has 1 fully saturated rings. The fraction of sp³-hybridized carbons (Fsp3) is 0.250. The van der Waals surface area contributed by atoms with Crippen molar-refractivity contribution in [3.8, 4) is 0 Å². The lowest BCUT2D eigenvalue weighted by molar-refractivity contribution is -0.156. The summed E-state index contributed by atoms with van der Waals surface area (Å²) in [6, 6.07) is 11.8. The number of aliphatic carboxylic acids is 1. The number of carbonyl (C=O) groups is 3. The molecule has 14 heteroatoms. The summed E-state index contributed by atoms with van der Waals surface area (Å²) in [4.78, 5) is 37.3. The third kappa shape index (κ3) is 3.89. The van der Waals surface area contributed by atoms with E-state index in [1.54, 1.807) is 42.5 Å². The number of carboxylic acids is 1. The zero-order valence-electron chi connectivity index (χ0n) is 17.4. The van der Waals surface area contributed by atoms with Gasteiger partial charge in [-0.3, -0.25) is 14.5 Å². The standard InChI is InChI=1S/C20H17N7O5S2/c28-15-8-20(21-18(30)17(29)11-4-2-1-3-5-11)26(15)16(19(31)32)12(10-34-20)9-33-14-7-6-13-22-24-25-27(13)23-14/h1-7,17,29H,8-10H2,(H,21,30)(H,31,32). The van der Waals surface area contributed by atoms with Gasteiger partial charge in [-0.2, -0.15) is 0 Å². The van der Waals surface area contributed by atoms with Gasteiger partial charge in [-0.25, -0.2) is 4.79 Å². The SMILES string of the molecule is O=C(O)C1=C(CSc2ccc3nnnn3n2)CSC2(NC(=O)C(O)c3ccccc3)CC(=O)N12. The summed E-state index contributed by atoms with van der Waals surface area (Å²) < 4.78 is 1.27. The zero-order chi connectivity index (χ0) is 23.9. The number of carbonyl (C=O) groups excluding carboxylic acids is 2. The fourth-order valence-electron chi connectivity index (χ4n) is 3.74. The van der Waals surface area contributed by atoms with Gasteiger partial charge in [-0.05, 0) is 33.7 Å². The maximum Gasteiger partial charge on any atom is 0.352 e. The first-order valence-electron chi connectivity index (χ1n) is 10.0. The average molecular weight is 500 g/mol. The Labute approximate surface area is 200 Å². The summed E-state index contributed by atoms with van der Waals surface area (Å²) in [5.74, 6) is -1.87. The van der Waals surface area contributed by atoms with Crippen molar-refractivity contribution in [2.45, 2.75) is 22.5 Å². The third-order valence-corrected chi connectivity index (χ3v) is 7.77. The number of amides is 2. The molecule has 0 saturated carbocycles. The van der Waals surface area contributed by atoms with Gasteiger partial charge in [0.15, 0.2) is 16.7 Å². The van der Waals surface area contributed by atoms with E-state index in [-0.39, 0.29) is 23.6 Å². The van der Waals surface area contributed by atoms with Gasteiger partial charge in [0, 0.05) is 11.5 Å². The van der Waals surface area contributed by atoms with Gasteiger partial charge in [0.25, 0.3) is 5.91 Å². The monoisotopic (exact) mass is 499 g/mol. The van der Waals surface area contributed by atoms with Crippen molar-refractivity contribution >= 4 is 47.0 Å². The molecule has 4 heterocycles. The molecule has 174 valence electrons. The third-order valence-electron chi connectivity index (χ3n) is 5.37. The molecule has 3 N–H and O–H groups in total. The molecule has 5 rings (SSSR count). The van der Waals surface area contributed by atoms with Gasteiger partial charge in [0.1, 0.15) is 10.7 Å². The molecule has 0 spiro atoms. The molecule has 2 amide bonds. The Morgan fingerprint density at radius 1 is 1.24 bits per heavy atom. The normalized spacial score (nSPS) is 20.6. The van der Waals surface area contributed by atoms with Crippen molar-refractivity contribution in [3.05, 3.63) is 59.3 Å². The van der Waals surface area contributed by atoms with Gasteiger partial charge in [-0.1, -0.05) is 30.3 Å². The van der Waals surface area contributed by atoms with Gasteiger partial charge < -0.3 is 15.5 Å². The highest BCUT2D eigenvalue weighted by molar-refractivity contribution is 8.01. The molecule has 0 bridgehead atoms. The van der Waals surface area contributed by atoms with E-state index in [1.807, 2.05) is 0 Å². The predicted octanol–water partition coefficient (Wildman–Crippen LogP) is 0.433. The highest BCUT2D eigenvalue weighted by atomic mass is 32.2. The van der Waals surface area contributed by atoms with E-state index in [4.69, 9.17) is 0 Å². The molecule has 2 aliphatic rings. The summed E-state index contributed by atoms with van der Waals surface area (Å²) in [6.45, 7) is 0. The summed E-state index contributed by atoms with van der Waals surface area (Å²) in [5.41, 5.74) is 1.23. The van der Waals surface area contributed by atoms with Gasteiger partial charge in [-0.15, -0.1) is 38.4 Å². The van der Waals surface area contributed by atoms with Crippen molar-refractivity contribution in [2.75, 3.05) is 11.5 Å². The van der Waals surface area contributed by atoms with E-state index >= 15 is 0 Å². The van der Waals surface area contributed by atoms with Gasteiger partial charge in [0.2, 0.25) is 5.91 Å². The Balaban J connectivity index is 1.36. The molecule has 12 nitrogen and oxygen atoms in total. The fourth-order valence-corrected chi connectivity index (χ4v) is 6.10. The number of tetrazole rings is 1. The van der Waals surface area contributed by atoms with Crippen LogP contribution in [0.1, 0.15) is 18.1 Å². The Kier molecular flexibility index (Phi) is 5.71. The minimum atomic E-state index is -1.45. The number of aliphatic hydroxyl groups is 1. The van der Waals surface area contributed by atoms with E-state index in [2.05, 4.69) is 25.9 Å². The minimum Gasteiger partial charge on any atom is -0.477 e. The average Bonchev–Trinajstić information content (AvgIpc) is 3.30. The minimum absolute atomic E-state index is 0.0698. The van der Waals surface area contributed by atoms with Crippen LogP contribution in [0.4, 0.5) is 0 Å². The van der Waals surface area contributed by atoms with Crippen LogP contribution in [0, 0.1) is 0 Å². The summed E-state index contributed by atoms with van der Waals surface area (Å²) >= 11 is 2.53. The Morgan fingerprint density at radius 3 is 2.76 bits per heavy atom. The quantitative estimate of drug-likeness (QED) is 0.305. The van der Waals surface area contributed by atoms with Gasteiger partial charge >= 0.3 is 5.97 Å². The highest BCUT2D eigenvalue weighted by Gasteiger charge is 2.58. The first-order valence-corrected chi connectivity index (χ1v) is 12.0. The van der Waals surface area contributed by atoms with E-state index < -0.39 is 28.9 Å². The second kappa shape index (κ2) is 8.70.